The van der Waals surface area contributed by atoms with E-state index in [9.17, 15) is 0 Å². The van der Waals surface area contributed by atoms with Gasteiger partial charge in [0.05, 0.1) is 11.7 Å². The lowest BCUT2D eigenvalue weighted by molar-refractivity contribution is -0.0734. The minimum atomic E-state index is 0.144. The Balaban J connectivity index is 2.20. The molecular formula is C10H16O. The van der Waals surface area contributed by atoms with E-state index in [1.54, 1.807) is 0 Å². The zero-order valence-electron chi connectivity index (χ0n) is 7.18. The SMILES string of the molecule is C=CC1CC2CCCC1(C)O2. The average molecular weight is 152 g/mol. The quantitative estimate of drug-likeness (QED) is 0.525. The van der Waals surface area contributed by atoms with Gasteiger partial charge >= 0.3 is 0 Å². The van der Waals surface area contributed by atoms with E-state index in [1.807, 2.05) is 0 Å². The van der Waals surface area contributed by atoms with Gasteiger partial charge in [0.15, 0.2) is 0 Å². The fraction of sp³-hybridized carbons (Fsp3) is 0.800. The molecular weight excluding hydrogens is 136 g/mol. The number of hydrogen-bond donors (Lipinski definition) is 0. The van der Waals surface area contributed by atoms with Crippen molar-refractivity contribution >= 4 is 0 Å². The Hall–Kier alpha value is -0.300. The Morgan fingerprint density at radius 1 is 1.64 bits per heavy atom. The Labute approximate surface area is 68.4 Å². The second kappa shape index (κ2) is 2.34. The summed E-state index contributed by atoms with van der Waals surface area (Å²) in [6.07, 6.45) is 7.65. The van der Waals surface area contributed by atoms with Gasteiger partial charge in [-0.1, -0.05) is 6.08 Å². The van der Waals surface area contributed by atoms with E-state index in [2.05, 4.69) is 19.6 Å². The van der Waals surface area contributed by atoms with Crippen LogP contribution in [0, 0.1) is 5.92 Å². The maximum atomic E-state index is 5.92. The third kappa shape index (κ3) is 1.02. The topological polar surface area (TPSA) is 9.23 Å². The minimum absolute atomic E-state index is 0.144. The van der Waals surface area contributed by atoms with Crippen LogP contribution in [0.15, 0.2) is 12.7 Å². The summed E-state index contributed by atoms with van der Waals surface area (Å²) in [7, 11) is 0. The van der Waals surface area contributed by atoms with Crippen LogP contribution < -0.4 is 0 Å². The van der Waals surface area contributed by atoms with Gasteiger partial charge in [0.1, 0.15) is 0 Å². The second-order valence-corrected chi connectivity index (χ2v) is 4.02. The van der Waals surface area contributed by atoms with Gasteiger partial charge < -0.3 is 4.74 Å². The summed E-state index contributed by atoms with van der Waals surface area (Å²) in [5.74, 6) is 0.606. The number of hydrogen-bond acceptors (Lipinski definition) is 1. The van der Waals surface area contributed by atoms with Gasteiger partial charge in [-0.25, -0.2) is 0 Å². The van der Waals surface area contributed by atoms with Crippen molar-refractivity contribution in [2.75, 3.05) is 0 Å². The van der Waals surface area contributed by atoms with E-state index < -0.39 is 0 Å². The van der Waals surface area contributed by atoms with Crippen LogP contribution in [0.1, 0.15) is 32.6 Å². The lowest BCUT2D eigenvalue weighted by Gasteiger charge is -2.32. The molecule has 0 saturated carbocycles. The van der Waals surface area contributed by atoms with Gasteiger partial charge in [-0.3, -0.25) is 0 Å². The van der Waals surface area contributed by atoms with Crippen LogP contribution in [0.5, 0.6) is 0 Å². The molecule has 0 N–H and O–H groups in total. The molecule has 0 aliphatic carbocycles. The lowest BCUT2D eigenvalue weighted by atomic mass is 9.87. The molecule has 2 fully saturated rings. The van der Waals surface area contributed by atoms with Crippen LogP contribution in [0.2, 0.25) is 0 Å². The summed E-state index contributed by atoms with van der Waals surface area (Å²) >= 11 is 0. The second-order valence-electron chi connectivity index (χ2n) is 4.02. The molecule has 2 rings (SSSR count). The van der Waals surface area contributed by atoms with E-state index >= 15 is 0 Å². The maximum Gasteiger partial charge on any atom is 0.0721 e. The first-order valence-corrected chi connectivity index (χ1v) is 4.55. The third-order valence-corrected chi connectivity index (χ3v) is 3.22. The van der Waals surface area contributed by atoms with Gasteiger partial charge in [-0.2, -0.15) is 0 Å². The Bertz CT molecular complexity index is 176. The Kier molecular flexibility index (Phi) is 1.57. The van der Waals surface area contributed by atoms with Crippen molar-refractivity contribution < 1.29 is 4.74 Å². The van der Waals surface area contributed by atoms with Crippen LogP contribution in [-0.4, -0.2) is 11.7 Å². The highest BCUT2D eigenvalue weighted by atomic mass is 16.5. The summed E-state index contributed by atoms with van der Waals surface area (Å²) in [6.45, 7) is 6.10. The molecule has 1 nitrogen and oxygen atoms in total. The Morgan fingerprint density at radius 2 is 2.45 bits per heavy atom. The summed E-state index contributed by atoms with van der Waals surface area (Å²) < 4.78 is 5.92. The van der Waals surface area contributed by atoms with E-state index in [4.69, 9.17) is 4.74 Å². The first-order valence-electron chi connectivity index (χ1n) is 4.55. The summed E-state index contributed by atoms with van der Waals surface area (Å²) in [5.41, 5.74) is 0.144. The van der Waals surface area contributed by atoms with Crippen molar-refractivity contribution in [2.45, 2.75) is 44.3 Å². The van der Waals surface area contributed by atoms with Gasteiger partial charge in [0, 0.05) is 5.92 Å². The third-order valence-electron chi connectivity index (χ3n) is 3.22. The molecule has 2 aliphatic heterocycles. The maximum absolute atomic E-state index is 5.92. The number of rotatable bonds is 1. The molecule has 2 bridgehead atoms. The largest absolute Gasteiger partial charge is 0.371 e. The highest BCUT2D eigenvalue weighted by molar-refractivity contribution is 5.03. The first-order chi connectivity index (χ1) is 5.24. The summed E-state index contributed by atoms with van der Waals surface area (Å²) in [4.78, 5) is 0. The minimum Gasteiger partial charge on any atom is -0.371 e. The predicted octanol–water partition coefficient (Wildman–Crippen LogP) is 2.52. The predicted molar refractivity (Wildman–Crippen MR) is 45.4 cm³/mol. The highest BCUT2D eigenvalue weighted by Gasteiger charge is 2.45. The van der Waals surface area contributed by atoms with Crippen LogP contribution >= 0.6 is 0 Å². The van der Waals surface area contributed by atoms with Crippen molar-refractivity contribution in [1.29, 1.82) is 0 Å². The van der Waals surface area contributed by atoms with Crippen LogP contribution in [-0.2, 0) is 4.74 Å². The lowest BCUT2D eigenvalue weighted by Crippen LogP contribution is -2.33. The molecule has 1 heteroatoms. The van der Waals surface area contributed by atoms with Gasteiger partial charge in [-0.05, 0) is 32.6 Å². The fourth-order valence-corrected chi connectivity index (χ4v) is 2.50. The smallest absolute Gasteiger partial charge is 0.0721 e. The molecule has 3 unspecified atom stereocenters. The Morgan fingerprint density at radius 3 is 3.09 bits per heavy atom. The standard InChI is InChI=1S/C10H16O/c1-3-8-7-9-5-4-6-10(8,2)11-9/h3,8-9H,1,4-7H2,2H3. The normalized spacial score (nSPS) is 49.2. The molecule has 11 heavy (non-hydrogen) atoms. The van der Waals surface area contributed by atoms with Gasteiger partial charge in [0.25, 0.3) is 0 Å². The molecule has 3 atom stereocenters. The molecule has 2 saturated heterocycles. The molecule has 0 amide bonds. The summed E-state index contributed by atoms with van der Waals surface area (Å²) in [5, 5.41) is 0. The molecule has 0 spiro atoms. The number of fused-ring (bicyclic) bond motifs is 2. The van der Waals surface area contributed by atoms with Crippen LogP contribution in [0.25, 0.3) is 0 Å². The monoisotopic (exact) mass is 152 g/mol. The van der Waals surface area contributed by atoms with E-state index in [1.165, 1.54) is 25.7 Å². The van der Waals surface area contributed by atoms with Gasteiger partial charge in [0.2, 0.25) is 0 Å². The van der Waals surface area contributed by atoms with E-state index in [0.29, 0.717) is 12.0 Å². The molecule has 0 aromatic carbocycles. The first kappa shape index (κ1) is 7.35. The van der Waals surface area contributed by atoms with Crippen LogP contribution in [0.4, 0.5) is 0 Å². The molecule has 2 aliphatic rings. The van der Waals surface area contributed by atoms with Gasteiger partial charge in [-0.15, -0.1) is 6.58 Å². The van der Waals surface area contributed by atoms with Crippen LogP contribution in [0.3, 0.4) is 0 Å². The zero-order chi connectivity index (χ0) is 7.90. The molecule has 2 heterocycles. The highest BCUT2D eigenvalue weighted by Crippen LogP contribution is 2.45. The average Bonchev–Trinajstić information content (AvgIpc) is 2.21. The zero-order valence-corrected chi connectivity index (χ0v) is 7.18. The van der Waals surface area contributed by atoms with Crippen molar-refractivity contribution in [3.8, 4) is 0 Å². The van der Waals surface area contributed by atoms with Crippen molar-refractivity contribution in [3.05, 3.63) is 12.7 Å². The van der Waals surface area contributed by atoms with E-state index in [-0.39, 0.29) is 5.60 Å². The molecule has 0 aromatic heterocycles. The molecule has 0 radical (unpaired) electrons. The number of ether oxygens (including phenoxy) is 1. The van der Waals surface area contributed by atoms with E-state index in [0.717, 1.165) is 0 Å². The summed E-state index contributed by atoms with van der Waals surface area (Å²) in [6, 6.07) is 0. The van der Waals surface area contributed by atoms with Crippen molar-refractivity contribution in [2.24, 2.45) is 5.92 Å². The van der Waals surface area contributed by atoms with Crippen molar-refractivity contribution in [1.82, 2.24) is 0 Å². The fourth-order valence-electron chi connectivity index (χ4n) is 2.50. The molecule has 0 aromatic rings. The van der Waals surface area contributed by atoms with Crippen molar-refractivity contribution in [3.63, 3.8) is 0 Å². The molecule has 62 valence electrons.